The summed E-state index contributed by atoms with van der Waals surface area (Å²) >= 11 is 0. The fourth-order valence-electron chi connectivity index (χ4n) is 4.36. The monoisotopic (exact) mass is 470 g/mol. The predicted molar refractivity (Wildman–Crippen MR) is 138 cm³/mol. The molecule has 180 valence electrons. The first-order valence-electron chi connectivity index (χ1n) is 11.5. The lowest BCUT2D eigenvalue weighted by atomic mass is 10.0. The normalized spacial score (nSPS) is 11.5. The van der Waals surface area contributed by atoms with Gasteiger partial charge in [-0.3, -0.25) is 4.98 Å². The first kappa shape index (κ1) is 24.2. The van der Waals surface area contributed by atoms with Gasteiger partial charge in [-0.2, -0.15) is 0 Å². The zero-order valence-electron chi connectivity index (χ0n) is 21.2. The topological polar surface area (TPSA) is 70.4 Å². The van der Waals surface area contributed by atoms with Gasteiger partial charge in [0.1, 0.15) is 5.60 Å². The number of hydrogen-bond acceptors (Lipinski definition) is 5. The lowest BCUT2D eigenvalue weighted by molar-refractivity contribution is 0.0545. The molecule has 35 heavy (non-hydrogen) atoms. The van der Waals surface area contributed by atoms with Crippen LogP contribution in [0.15, 0.2) is 54.6 Å². The predicted octanol–water partition coefficient (Wildman–Crippen LogP) is 6.87. The molecule has 0 atom stereocenters. The number of pyridine rings is 1. The molecule has 0 radical (unpaired) electrons. The van der Waals surface area contributed by atoms with E-state index in [1.165, 1.54) is 7.11 Å². The molecule has 0 saturated heterocycles. The van der Waals surface area contributed by atoms with Crippen LogP contribution in [0.2, 0.25) is 0 Å². The number of carbonyl (C=O) groups excluding carboxylic acids is 2. The fourth-order valence-corrected chi connectivity index (χ4v) is 4.36. The highest BCUT2D eigenvalue weighted by atomic mass is 16.6. The molecule has 2 aromatic carbocycles. The second kappa shape index (κ2) is 9.02. The maximum absolute atomic E-state index is 13.5. The van der Waals surface area contributed by atoms with Gasteiger partial charge in [0.25, 0.3) is 0 Å². The number of ether oxygens (including phenoxy) is 2. The Labute approximate surface area is 205 Å². The smallest absolute Gasteiger partial charge is 0.419 e. The highest BCUT2D eigenvalue weighted by molar-refractivity contribution is 6.01. The minimum Gasteiger partial charge on any atom is -0.465 e. The number of carbonyl (C=O) groups is 2. The van der Waals surface area contributed by atoms with Crippen molar-refractivity contribution in [3.05, 3.63) is 77.1 Å². The summed E-state index contributed by atoms with van der Waals surface area (Å²) in [5.41, 5.74) is 6.91. The quantitative estimate of drug-likeness (QED) is 0.306. The van der Waals surface area contributed by atoms with E-state index >= 15 is 0 Å². The molecule has 6 nitrogen and oxygen atoms in total. The number of fused-ring (bicyclic) bond motifs is 1. The van der Waals surface area contributed by atoms with Crippen molar-refractivity contribution in [2.24, 2.45) is 0 Å². The van der Waals surface area contributed by atoms with Crippen LogP contribution in [-0.2, 0) is 9.47 Å². The number of methoxy groups -OCH3 is 1. The lowest BCUT2D eigenvalue weighted by Gasteiger charge is -2.21. The summed E-state index contributed by atoms with van der Waals surface area (Å²) in [7, 11) is 1.35. The van der Waals surface area contributed by atoms with Gasteiger partial charge in [0, 0.05) is 16.8 Å². The summed E-state index contributed by atoms with van der Waals surface area (Å²) in [5.74, 6) is -0.409. The molecule has 0 amide bonds. The third-order valence-corrected chi connectivity index (χ3v) is 5.79. The summed E-state index contributed by atoms with van der Waals surface area (Å²) < 4.78 is 12.3. The number of nitrogens with zero attached hydrogens (tertiary/aromatic N) is 2. The maximum atomic E-state index is 13.5. The molecule has 0 bridgehead atoms. The molecule has 0 N–H and O–H groups in total. The van der Waals surface area contributed by atoms with E-state index in [-0.39, 0.29) is 0 Å². The van der Waals surface area contributed by atoms with Crippen molar-refractivity contribution in [3.8, 4) is 22.4 Å². The zero-order chi connectivity index (χ0) is 25.5. The molecule has 0 aliphatic rings. The molecule has 0 saturated carbocycles. The molecule has 6 heteroatoms. The van der Waals surface area contributed by atoms with Crippen LogP contribution >= 0.6 is 0 Å². The van der Waals surface area contributed by atoms with E-state index in [0.29, 0.717) is 5.56 Å². The van der Waals surface area contributed by atoms with Gasteiger partial charge in [0.2, 0.25) is 0 Å². The largest absolute Gasteiger partial charge is 0.465 e. The summed E-state index contributed by atoms with van der Waals surface area (Å²) in [6, 6.07) is 17.2. The van der Waals surface area contributed by atoms with E-state index in [4.69, 9.17) is 9.47 Å². The fraction of sp³-hybridized carbons (Fsp3) is 0.276. The molecule has 0 aliphatic carbocycles. The van der Waals surface area contributed by atoms with Crippen LogP contribution in [0.1, 0.15) is 48.1 Å². The molecule has 2 aromatic heterocycles. The van der Waals surface area contributed by atoms with Gasteiger partial charge >= 0.3 is 12.1 Å². The number of benzene rings is 2. The van der Waals surface area contributed by atoms with Crippen LogP contribution in [-0.4, -0.2) is 34.3 Å². The Hall–Kier alpha value is -3.93. The van der Waals surface area contributed by atoms with Crippen LogP contribution in [0, 0.1) is 20.8 Å². The highest BCUT2D eigenvalue weighted by Crippen LogP contribution is 2.36. The zero-order valence-corrected chi connectivity index (χ0v) is 21.2. The van der Waals surface area contributed by atoms with Crippen LogP contribution in [0.5, 0.6) is 0 Å². The molecule has 0 spiro atoms. The van der Waals surface area contributed by atoms with E-state index in [2.05, 4.69) is 11.1 Å². The van der Waals surface area contributed by atoms with Gasteiger partial charge in [-0.1, -0.05) is 24.3 Å². The van der Waals surface area contributed by atoms with Crippen molar-refractivity contribution < 1.29 is 19.1 Å². The van der Waals surface area contributed by atoms with Crippen molar-refractivity contribution in [2.75, 3.05) is 7.11 Å². The van der Waals surface area contributed by atoms with Crippen molar-refractivity contribution in [3.63, 3.8) is 0 Å². The summed E-state index contributed by atoms with van der Waals surface area (Å²) in [4.78, 5) is 29.9. The number of hydrogen-bond donors (Lipinski definition) is 0. The van der Waals surface area contributed by atoms with Gasteiger partial charge < -0.3 is 9.47 Å². The van der Waals surface area contributed by atoms with Gasteiger partial charge in [-0.25, -0.2) is 14.2 Å². The van der Waals surface area contributed by atoms with Crippen molar-refractivity contribution in [2.45, 2.75) is 47.1 Å². The summed E-state index contributed by atoms with van der Waals surface area (Å²) in [6.07, 6.45) is -0.457. The minimum atomic E-state index is -0.662. The first-order chi connectivity index (χ1) is 16.5. The van der Waals surface area contributed by atoms with Crippen LogP contribution in [0.4, 0.5) is 4.79 Å². The number of rotatable bonds is 3. The third kappa shape index (κ3) is 4.83. The highest BCUT2D eigenvalue weighted by Gasteiger charge is 2.25. The molecule has 0 fully saturated rings. The van der Waals surface area contributed by atoms with E-state index in [9.17, 15) is 9.59 Å². The van der Waals surface area contributed by atoms with E-state index in [1.807, 2.05) is 77.9 Å². The van der Waals surface area contributed by atoms with Gasteiger partial charge in [-0.15, -0.1) is 0 Å². The lowest BCUT2D eigenvalue weighted by Crippen LogP contribution is -2.27. The molecule has 0 aliphatic heterocycles. The minimum absolute atomic E-state index is 0.409. The number of esters is 1. The standard InChI is InChI=1S/C29H30N2O4/c1-17-14-23(15-18(2)30-17)22-12-13-24-19(3)26(20-8-10-21(11-9-20)27(32)34-7)31(25(24)16-22)28(33)35-29(4,5)6/h8-16H,1-7H3. The van der Waals surface area contributed by atoms with Gasteiger partial charge in [0.15, 0.2) is 0 Å². The Morgan fingerprint density at radius 1 is 0.829 bits per heavy atom. The molecule has 0 unspecified atom stereocenters. The summed E-state index contributed by atoms with van der Waals surface area (Å²) in [5, 5.41) is 0.953. The van der Waals surface area contributed by atoms with Crippen LogP contribution in [0.25, 0.3) is 33.3 Å². The van der Waals surface area contributed by atoms with Crippen LogP contribution in [0.3, 0.4) is 0 Å². The Kier molecular flexibility index (Phi) is 6.24. The molecule has 4 aromatic rings. The second-order valence-corrected chi connectivity index (χ2v) is 9.73. The molecular weight excluding hydrogens is 440 g/mol. The van der Waals surface area contributed by atoms with Gasteiger partial charge in [0.05, 0.1) is 23.9 Å². The molecular formula is C29H30N2O4. The van der Waals surface area contributed by atoms with Crippen LogP contribution < -0.4 is 0 Å². The second-order valence-electron chi connectivity index (χ2n) is 9.73. The molecule has 4 rings (SSSR count). The Bertz CT molecular complexity index is 1420. The van der Waals surface area contributed by atoms with Crippen molar-refractivity contribution in [1.29, 1.82) is 0 Å². The van der Waals surface area contributed by atoms with E-state index in [1.54, 1.807) is 16.7 Å². The molecule has 2 heterocycles. The Morgan fingerprint density at radius 2 is 1.43 bits per heavy atom. The maximum Gasteiger partial charge on any atom is 0.419 e. The van der Waals surface area contributed by atoms with E-state index < -0.39 is 17.7 Å². The Balaban J connectivity index is 1.96. The third-order valence-electron chi connectivity index (χ3n) is 5.79. The average molecular weight is 471 g/mol. The first-order valence-corrected chi connectivity index (χ1v) is 11.5. The van der Waals surface area contributed by atoms with Crippen molar-refractivity contribution >= 4 is 23.0 Å². The number of aryl methyl sites for hydroxylation is 3. The van der Waals surface area contributed by atoms with E-state index in [0.717, 1.165) is 50.2 Å². The Morgan fingerprint density at radius 3 is 2.00 bits per heavy atom. The van der Waals surface area contributed by atoms with Gasteiger partial charge in [-0.05, 0) is 94.1 Å². The summed E-state index contributed by atoms with van der Waals surface area (Å²) in [6.45, 7) is 11.5. The SMILES string of the molecule is COC(=O)c1ccc(-c2c(C)c3ccc(-c4cc(C)nc(C)c4)cc3n2C(=O)OC(C)(C)C)cc1. The average Bonchev–Trinajstić information content (AvgIpc) is 3.08. The van der Waals surface area contributed by atoms with Crippen molar-refractivity contribution in [1.82, 2.24) is 9.55 Å². The number of aromatic nitrogens is 2.